The Morgan fingerprint density at radius 2 is 2.28 bits per heavy atom. The maximum absolute atomic E-state index is 5.58. The Morgan fingerprint density at radius 1 is 1.39 bits per heavy atom. The summed E-state index contributed by atoms with van der Waals surface area (Å²) in [7, 11) is 0. The number of para-hydroxylation sites is 1. The van der Waals surface area contributed by atoms with E-state index in [9.17, 15) is 0 Å². The minimum absolute atomic E-state index is 0.603. The topological polar surface area (TPSA) is 24.5 Å². The molecule has 1 aromatic rings. The number of anilines is 1. The smallest absolute Gasteiger partial charge is 0.0622 e. The van der Waals surface area contributed by atoms with Crippen LogP contribution in [0, 0.1) is 0 Å². The summed E-state index contributed by atoms with van der Waals surface area (Å²) in [6.07, 6.45) is 1.18. The van der Waals surface area contributed by atoms with Crippen molar-refractivity contribution in [1.29, 1.82) is 0 Å². The van der Waals surface area contributed by atoms with Crippen molar-refractivity contribution in [2.24, 2.45) is 0 Å². The van der Waals surface area contributed by atoms with Crippen molar-refractivity contribution in [2.75, 3.05) is 38.2 Å². The molecule has 0 radical (unpaired) electrons. The molecule has 0 saturated carbocycles. The van der Waals surface area contributed by atoms with E-state index >= 15 is 0 Å². The van der Waals surface area contributed by atoms with Crippen LogP contribution in [0.5, 0.6) is 0 Å². The first-order chi connectivity index (χ1) is 8.88. The number of nitrogens with one attached hydrogen (secondary N) is 1. The van der Waals surface area contributed by atoms with Crippen molar-refractivity contribution in [1.82, 2.24) is 4.90 Å². The summed E-state index contributed by atoms with van der Waals surface area (Å²) in [5, 5.41) is 3.51. The Labute approximate surface area is 109 Å². The molecular formula is C15H22N2O. The predicted octanol–water partition coefficient (Wildman–Crippen LogP) is 2.31. The van der Waals surface area contributed by atoms with Crippen LogP contribution < -0.4 is 5.32 Å². The van der Waals surface area contributed by atoms with Gasteiger partial charge in [0.25, 0.3) is 0 Å². The fourth-order valence-electron chi connectivity index (χ4n) is 3.11. The number of fused-ring (bicyclic) bond motifs is 1. The van der Waals surface area contributed by atoms with Crippen molar-refractivity contribution in [3.05, 3.63) is 29.8 Å². The maximum atomic E-state index is 5.58. The minimum atomic E-state index is 0.603. The molecule has 1 fully saturated rings. The monoisotopic (exact) mass is 246 g/mol. The third-order valence-electron chi connectivity index (χ3n) is 4.22. The quantitative estimate of drug-likeness (QED) is 0.885. The van der Waals surface area contributed by atoms with E-state index in [-0.39, 0.29) is 0 Å². The number of rotatable bonds is 3. The lowest BCUT2D eigenvalue weighted by Crippen LogP contribution is -2.46. The van der Waals surface area contributed by atoms with Gasteiger partial charge in [0.15, 0.2) is 0 Å². The van der Waals surface area contributed by atoms with Crippen molar-refractivity contribution < 1.29 is 4.74 Å². The molecule has 0 bridgehead atoms. The van der Waals surface area contributed by atoms with Gasteiger partial charge in [-0.1, -0.05) is 25.1 Å². The highest BCUT2D eigenvalue weighted by Crippen LogP contribution is 2.32. The van der Waals surface area contributed by atoms with E-state index in [0.29, 0.717) is 12.0 Å². The second-order valence-corrected chi connectivity index (χ2v) is 5.30. The van der Waals surface area contributed by atoms with Gasteiger partial charge in [-0.05, 0) is 18.1 Å². The van der Waals surface area contributed by atoms with Gasteiger partial charge in [0.2, 0.25) is 0 Å². The largest absolute Gasteiger partial charge is 0.384 e. The SMILES string of the molecule is CCC1COCCN1CC1CNc2ccccc21. The van der Waals surface area contributed by atoms with Crippen LogP contribution in [0.25, 0.3) is 0 Å². The van der Waals surface area contributed by atoms with Crippen LogP contribution in [-0.4, -0.2) is 43.8 Å². The van der Waals surface area contributed by atoms with Gasteiger partial charge in [0.1, 0.15) is 0 Å². The molecule has 0 spiro atoms. The zero-order valence-electron chi connectivity index (χ0n) is 11.1. The molecule has 2 unspecified atom stereocenters. The molecule has 3 nitrogen and oxygen atoms in total. The molecule has 98 valence electrons. The average Bonchev–Trinajstić information content (AvgIpc) is 2.83. The van der Waals surface area contributed by atoms with Gasteiger partial charge in [-0.3, -0.25) is 4.90 Å². The van der Waals surface area contributed by atoms with Gasteiger partial charge in [-0.2, -0.15) is 0 Å². The second-order valence-electron chi connectivity index (χ2n) is 5.30. The zero-order valence-corrected chi connectivity index (χ0v) is 11.1. The molecule has 1 aromatic carbocycles. The molecule has 2 aliphatic heterocycles. The van der Waals surface area contributed by atoms with E-state index in [2.05, 4.69) is 41.4 Å². The van der Waals surface area contributed by atoms with E-state index in [0.717, 1.165) is 32.8 Å². The molecule has 0 aromatic heterocycles. The standard InChI is InChI=1S/C15H22N2O/c1-2-13-11-18-8-7-17(13)10-12-9-16-15-6-4-3-5-14(12)15/h3-6,12-13,16H,2,7-11H2,1H3. The van der Waals surface area contributed by atoms with Crippen LogP contribution in [0.2, 0.25) is 0 Å². The third-order valence-corrected chi connectivity index (χ3v) is 4.22. The van der Waals surface area contributed by atoms with E-state index in [1.165, 1.54) is 17.7 Å². The van der Waals surface area contributed by atoms with Crippen LogP contribution in [-0.2, 0) is 4.74 Å². The number of benzene rings is 1. The van der Waals surface area contributed by atoms with Crippen LogP contribution in [0.1, 0.15) is 24.8 Å². The Bertz CT molecular complexity index is 407. The van der Waals surface area contributed by atoms with Gasteiger partial charge >= 0.3 is 0 Å². The van der Waals surface area contributed by atoms with Gasteiger partial charge in [0, 0.05) is 37.3 Å². The molecule has 3 rings (SSSR count). The lowest BCUT2D eigenvalue weighted by molar-refractivity contribution is -0.0105. The molecule has 18 heavy (non-hydrogen) atoms. The zero-order chi connectivity index (χ0) is 12.4. The molecule has 0 amide bonds. The molecular weight excluding hydrogens is 224 g/mol. The lowest BCUT2D eigenvalue weighted by atomic mass is 9.99. The van der Waals surface area contributed by atoms with Crippen molar-refractivity contribution >= 4 is 5.69 Å². The first-order valence-electron chi connectivity index (χ1n) is 7.03. The number of hydrogen-bond acceptors (Lipinski definition) is 3. The Morgan fingerprint density at radius 3 is 3.17 bits per heavy atom. The summed E-state index contributed by atoms with van der Waals surface area (Å²) in [4.78, 5) is 2.61. The number of ether oxygens (including phenoxy) is 1. The molecule has 3 heteroatoms. The minimum Gasteiger partial charge on any atom is -0.384 e. The van der Waals surface area contributed by atoms with Crippen molar-refractivity contribution in [2.45, 2.75) is 25.3 Å². The number of morpholine rings is 1. The summed E-state index contributed by atoms with van der Waals surface area (Å²) in [5.41, 5.74) is 2.81. The Hall–Kier alpha value is -1.06. The van der Waals surface area contributed by atoms with E-state index in [4.69, 9.17) is 4.74 Å². The first kappa shape index (κ1) is 12.0. The van der Waals surface area contributed by atoms with Gasteiger partial charge in [-0.15, -0.1) is 0 Å². The Kier molecular flexibility index (Phi) is 3.52. The van der Waals surface area contributed by atoms with E-state index in [1.807, 2.05) is 0 Å². The van der Waals surface area contributed by atoms with Crippen molar-refractivity contribution in [3.8, 4) is 0 Å². The molecule has 1 N–H and O–H groups in total. The number of nitrogens with zero attached hydrogens (tertiary/aromatic N) is 1. The fourth-order valence-corrected chi connectivity index (χ4v) is 3.11. The van der Waals surface area contributed by atoms with Gasteiger partial charge < -0.3 is 10.1 Å². The summed E-state index contributed by atoms with van der Waals surface area (Å²) in [6.45, 7) is 7.36. The summed E-state index contributed by atoms with van der Waals surface area (Å²) < 4.78 is 5.58. The van der Waals surface area contributed by atoms with Crippen LogP contribution >= 0.6 is 0 Å². The van der Waals surface area contributed by atoms with Crippen molar-refractivity contribution in [3.63, 3.8) is 0 Å². The predicted molar refractivity (Wildman–Crippen MR) is 74.1 cm³/mol. The van der Waals surface area contributed by atoms with Crippen LogP contribution in [0.3, 0.4) is 0 Å². The molecule has 2 atom stereocenters. The van der Waals surface area contributed by atoms with E-state index < -0.39 is 0 Å². The van der Waals surface area contributed by atoms with Gasteiger partial charge in [0.05, 0.1) is 13.2 Å². The van der Waals surface area contributed by atoms with Crippen LogP contribution in [0.15, 0.2) is 24.3 Å². The maximum Gasteiger partial charge on any atom is 0.0622 e. The molecule has 2 aliphatic rings. The first-order valence-corrected chi connectivity index (χ1v) is 7.03. The molecule has 2 heterocycles. The Balaban J connectivity index is 1.70. The third kappa shape index (κ3) is 2.25. The fraction of sp³-hybridized carbons (Fsp3) is 0.600. The van der Waals surface area contributed by atoms with Gasteiger partial charge in [-0.25, -0.2) is 0 Å². The second kappa shape index (κ2) is 5.29. The molecule has 1 saturated heterocycles. The highest BCUT2D eigenvalue weighted by molar-refractivity contribution is 5.57. The summed E-state index contributed by atoms with van der Waals surface area (Å²) in [5.74, 6) is 0.633. The summed E-state index contributed by atoms with van der Waals surface area (Å²) in [6, 6.07) is 9.31. The van der Waals surface area contributed by atoms with Crippen LogP contribution in [0.4, 0.5) is 5.69 Å². The normalized spacial score (nSPS) is 27.8. The highest BCUT2D eigenvalue weighted by Gasteiger charge is 2.28. The average molecular weight is 246 g/mol. The van der Waals surface area contributed by atoms with E-state index in [1.54, 1.807) is 0 Å². The number of hydrogen-bond donors (Lipinski definition) is 1. The highest BCUT2D eigenvalue weighted by atomic mass is 16.5. The molecule has 0 aliphatic carbocycles. The summed E-state index contributed by atoms with van der Waals surface area (Å²) >= 11 is 0. The lowest BCUT2D eigenvalue weighted by Gasteiger charge is -2.36.